The first-order valence-electron chi connectivity index (χ1n) is 6.82. The Morgan fingerprint density at radius 3 is 2.67 bits per heavy atom. The lowest BCUT2D eigenvalue weighted by Gasteiger charge is -2.11. The molecule has 1 N–H and O–H groups in total. The second kappa shape index (κ2) is 6.93. The topological polar surface area (TPSA) is 38.3 Å². The van der Waals surface area contributed by atoms with Crippen LogP contribution in [0.1, 0.15) is 28.4 Å². The van der Waals surface area contributed by atoms with Gasteiger partial charge >= 0.3 is 0 Å². The van der Waals surface area contributed by atoms with E-state index in [9.17, 15) is 4.79 Å². The second-order valence-corrected chi connectivity index (χ2v) is 5.99. The third kappa shape index (κ3) is 3.97. The fourth-order valence-electron chi connectivity index (χ4n) is 2.00. The maximum Gasteiger partial charge on any atom is 0.255 e. The van der Waals surface area contributed by atoms with Gasteiger partial charge in [0, 0.05) is 14.8 Å². The summed E-state index contributed by atoms with van der Waals surface area (Å²) in [4.78, 5) is 12.4. The molecule has 0 aliphatic rings. The number of rotatable bonds is 4. The lowest BCUT2D eigenvalue weighted by molar-refractivity contribution is 0.102. The molecule has 0 aliphatic carbocycles. The van der Waals surface area contributed by atoms with Crippen molar-refractivity contribution in [3.05, 3.63) is 56.7 Å². The Labute approximate surface area is 138 Å². The van der Waals surface area contributed by atoms with Crippen LogP contribution in [-0.2, 0) is 0 Å². The van der Waals surface area contributed by atoms with Crippen LogP contribution in [0.5, 0.6) is 5.75 Å². The van der Waals surface area contributed by atoms with Crippen molar-refractivity contribution in [2.75, 3.05) is 11.9 Å². The van der Waals surface area contributed by atoms with Gasteiger partial charge in [-0.1, -0.05) is 6.07 Å². The molecular weight excluding hydrogens is 377 g/mol. The van der Waals surface area contributed by atoms with Crippen molar-refractivity contribution in [1.82, 2.24) is 0 Å². The zero-order chi connectivity index (χ0) is 15.4. The highest BCUT2D eigenvalue weighted by Crippen LogP contribution is 2.23. The Morgan fingerprint density at radius 2 is 1.95 bits per heavy atom. The first-order chi connectivity index (χ1) is 10.0. The van der Waals surface area contributed by atoms with Gasteiger partial charge < -0.3 is 10.1 Å². The van der Waals surface area contributed by atoms with Gasteiger partial charge in [0.2, 0.25) is 0 Å². The van der Waals surface area contributed by atoms with Crippen molar-refractivity contribution in [2.24, 2.45) is 0 Å². The third-order valence-electron chi connectivity index (χ3n) is 3.16. The fraction of sp³-hybridized carbons (Fsp3) is 0.235. The average molecular weight is 395 g/mol. The summed E-state index contributed by atoms with van der Waals surface area (Å²) >= 11 is 2.30. The molecule has 0 atom stereocenters. The van der Waals surface area contributed by atoms with E-state index in [4.69, 9.17) is 4.74 Å². The quantitative estimate of drug-likeness (QED) is 0.771. The Hall–Kier alpha value is -1.56. The van der Waals surface area contributed by atoms with Crippen LogP contribution in [0, 0.1) is 17.4 Å². The number of amides is 1. The normalized spacial score (nSPS) is 10.3. The molecule has 0 radical (unpaired) electrons. The summed E-state index contributed by atoms with van der Waals surface area (Å²) in [5.41, 5.74) is 3.65. The molecule has 0 saturated heterocycles. The van der Waals surface area contributed by atoms with Gasteiger partial charge in [-0.25, -0.2) is 0 Å². The molecule has 0 heterocycles. The first kappa shape index (κ1) is 15.8. The largest absolute Gasteiger partial charge is 0.494 e. The van der Waals surface area contributed by atoms with Crippen LogP contribution in [0.3, 0.4) is 0 Å². The van der Waals surface area contributed by atoms with E-state index in [0.717, 1.165) is 16.8 Å². The van der Waals surface area contributed by atoms with Crippen LogP contribution < -0.4 is 10.1 Å². The highest BCUT2D eigenvalue weighted by Gasteiger charge is 2.10. The zero-order valence-corrected chi connectivity index (χ0v) is 14.5. The Balaban J connectivity index is 2.22. The van der Waals surface area contributed by atoms with Crippen molar-refractivity contribution in [3.8, 4) is 5.75 Å². The number of ether oxygens (including phenoxy) is 1. The van der Waals surface area contributed by atoms with Gasteiger partial charge in [0.25, 0.3) is 5.91 Å². The Kier molecular flexibility index (Phi) is 5.22. The molecule has 2 rings (SSSR count). The lowest BCUT2D eigenvalue weighted by atomic mass is 10.1. The summed E-state index contributed by atoms with van der Waals surface area (Å²) in [5.74, 6) is 0.584. The Bertz CT molecular complexity index is 668. The number of carbonyl (C=O) groups is 1. The van der Waals surface area contributed by atoms with Crippen LogP contribution in [0.15, 0.2) is 36.4 Å². The predicted molar refractivity (Wildman–Crippen MR) is 94.2 cm³/mol. The first-order valence-corrected chi connectivity index (χ1v) is 7.90. The smallest absolute Gasteiger partial charge is 0.255 e. The number of anilines is 1. The van der Waals surface area contributed by atoms with Crippen LogP contribution in [0.25, 0.3) is 0 Å². The summed E-state index contributed by atoms with van der Waals surface area (Å²) in [6.45, 7) is 6.53. The number of nitrogens with one attached hydrogen (secondary N) is 1. The highest BCUT2D eigenvalue weighted by molar-refractivity contribution is 14.1. The summed E-state index contributed by atoms with van der Waals surface area (Å²) < 4.78 is 6.62. The molecule has 2 aromatic carbocycles. The summed E-state index contributed by atoms with van der Waals surface area (Å²) in [6, 6.07) is 11.3. The number of aryl methyl sites for hydroxylation is 2. The standard InChI is InChI=1S/C17H18INO2/c1-4-21-14-7-5-6-13(10-14)17(20)19-16-9-11(2)15(18)8-12(16)3/h5-10H,4H2,1-3H3,(H,19,20). The van der Waals surface area contributed by atoms with Gasteiger partial charge in [0.1, 0.15) is 5.75 Å². The SMILES string of the molecule is CCOc1cccc(C(=O)Nc2cc(C)c(I)cc2C)c1. The molecule has 0 unspecified atom stereocenters. The van der Waals surface area contributed by atoms with E-state index in [-0.39, 0.29) is 5.91 Å². The number of benzene rings is 2. The monoisotopic (exact) mass is 395 g/mol. The number of hydrogen-bond donors (Lipinski definition) is 1. The van der Waals surface area contributed by atoms with Crippen molar-refractivity contribution < 1.29 is 9.53 Å². The summed E-state index contributed by atoms with van der Waals surface area (Å²) in [7, 11) is 0. The van der Waals surface area contributed by atoms with Crippen LogP contribution in [0.4, 0.5) is 5.69 Å². The molecule has 0 aliphatic heterocycles. The molecule has 0 bridgehead atoms. The van der Waals surface area contributed by atoms with Crippen molar-refractivity contribution in [1.29, 1.82) is 0 Å². The molecule has 0 fully saturated rings. The molecule has 2 aromatic rings. The maximum absolute atomic E-state index is 12.4. The van der Waals surface area contributed by atoms with Crippen molar-refractivity contribution in [2.45, 2.75) is 20.8 Å². The van der Waals surface area contributed by atoms with E-state index in [2.05, 4.69) is 34.0 Å². The fourth-order valence-corrected chi connectivity index (χ4v) is 2.63. The minimum absolute atomic E-state index is 0.125. The van der Waals surface area contributed by atoms with E-state index in [1.165, 1.54) is 3.57 Å². The lowest BCUT2D eigenvalue weighted by Crippen LogP contribution is -2.13. The van der Waals surface area contributed by atoms with Gasteiger partial charge in [0.15, 0.2) is 0 Å². The van der Waals surface area contributed by atoms with Crippen LogP contribution >= 0.6 is 22.6 Å². The van der Waals surface area contributed by atoms with E-state index in [1.807, 2.05) is 39.0 Å². The number of hydrogen-bond acceptors (Lipinski definition) is 2. The molecule has 110 valence electrons. The summed E-state index contributed by atoms with van der Waals surface area (Å²) in [5, 5.41) is 2.97. The van der Waals surface area contributed by atoms with Crippen LogP contribution in [0.2, 0.25) is 0 Å². The molecule has 0 spiro atoms. The Morgan fingerprint density at radius 1 is 1.19 bits per heavy atom. The van der Waals surface area contributed by atoms with E-state index in [1.54, 1.807) is 12.1 Å². The molecule has 21 heavy (non-hydrogen) atoms. The number of halogens is 1. The second-order valence-electron chi connectivity index (χ2n) is 4.83. The van der Waals surface area contributed by atoms with Gasteiger partial charge in [-0.3, -0.25) is 4.79 Å². The van der Waals surface area contributed by atoms with Gasteiger partial charge in [0.05, 0.1) is 6.61 Å². The van der Waals surface area contributed by atoms with Gasteiger partial charge in [-0.2, -0.15) is 0 Å². The molecular formula is C17H18INO2. The molecule has 3 nitrogen and oxygen atoms in total. The predicted octanol–water partition coefficient (Wildman–Crippen LogP) is 4.56. The minimum atomic E-state index is -0.125. The molecule has 1 amide bonds. The highest BCUT2D eigenvalue weighted by atomic mass is 127. The maximum atomic E-state index is 12.4. The van der Waals surface area contributed by atoms with E-state index < -0.39 is 0 Å². The molecule has 4 heteroatoms. The van der Waals surface area contributed by atoms with Crippen LogP contribution in [-0.4, -0.2) is 12.5 Å². The van der Waals surface area contributed by atoms with E-state index in [0.29, 0.717) is 17.9 Å². The van der Waals surface area contributed by atoms with Gasteiger partial charge in [-0.05, 0) is 84.8 Å². The van der Waals surface area contributed by atoms with Crippen molar-refractivity contribution >= 4 is 34.2 Å². The zero-order valence-electron chi connectivity index (χ0n) is 12.4. The third-order valence-corrected chi connectivity index (χ3v) is 4.32. The summed E-state index contributed by atoms with van der Waals surface area (Å²) in [6.07, 6.45) is 0. The molecule has 0 aromatic heterocycles. The number of carbonyl (C=O) groups excluding carboxylic acids is 1. The molecule has 0 saturated carbocycles. The van der Waals surface area contributed by atoms with Crippen molar-refractivity contribution in [3.63, 3.8) is 0 Å². The average Bonchev–Trinajstić information content (AvgIpc) is 2.45. The van der Waals surface area contributed by atoms with E-state index >= 15 is 0 Å². The minimum Gasteiger partial charge on any atom is -0.494 e. The van der Waals surface area contributed by atoms with Gasteiger partial charge in [-0.15, -0.1) is 0 Å².